The molecule has 0 bridgehead atoms. The Bertz CT molecular complexity index is 477. The molecule has 194 valence electrons. The summed E-state index contributed by atoms with van der Waals surface area (Å²) in [5.41, 5.74) is 0. The molecule has 33 heavy (non-hydrogen) atoms. The number of ether oxygens (including phenoxy) is 3. The summed E-state index contributed by atoms with van der Waals surface area (Å²) in [5.74, 6) is -0.904. The van der Waals surface area contributed by atoms with Gasteiger partial charge in [0.15, 0.2) is 0 Å². The average molecular weight is 472 g/mol. The van der Waals surface area contributed by atoms with E-state index in [2.05, 4.69) is 6.92 Å². The lowest BCUT2D eigenvalue weighted by molar-refractivity contribution is -0.146. The van der Waals surface area contributed by atoms with Crippen LogP contribution in [-0.2, 0) is 28.6 Å². The van der Waals surface area contributed by atoms with Crippen molar-refractivity contribution < 1.29 is 28.6 Å². The Morgan fingerprint density at radius 1 is 0.545 bits per heavy atom. The zero-order valence-electron chi connectivity index (χ0n) is 21.5. The number of hydrogen-bond donors (Lipinski definition) is 0. The van der Waals surface area contributed by atoms with Gasteiger partial charge in [-0.25, -0.2) is 0 Å². The third-order valence-corrected chi connectivity index (χ3v) is 5.57. The molecule has 0 aromatic rings. The number of carbonyl (C=O) groups excluding carboxylic acids is 3. The first kappa shape index (κ1) is 31.4. The predicted molar refractivity (Wildman–Crippen MR) is 131 cm³/mol. The van der Waals surface area contributed by atoms with Crippen LogP contribution in [0.25, 0.3) is 0 Å². The van der Waals surface area contributed by atoms with E-state index in [1.807, 2.05) is 4.90 Å². The SMILES string of the molecule is CCCCCCCCCCCCCCCOC(=O)CCN(CCOC(C)=O)CCOC(C)=O. The fourth-order valence-corrected chi connectivity index (χ4v) is 3.60. The topological polar surface area (TPSA) is 82.1 Å². The number of esters is 3. The lowest BCUT2D eigenvalue weighted by Crippen LogP contribution is -2.34. The zero-order valence-corrected chi connectivity index (χ0v) is 21.5. The first-order valence-corrected chi connectivity index (χ1v) is 13.1. The van der Waals surface area contributed by atoms with Crippen LogP contribution < -0.4 is 0 Å². The summed E-state index contributed by atoms with van der Waals surface area (Å²) < 4.78 is 15.3. The molecule has 0 spiro atoms. The normalized spacial score (nSPS) is 10.9. The maximum absolute atomic E-state index is 12.0. The monoisotopic (exact) mass is 471 g/mol. The molecule has 0 aliphatic rings. The van der Waals surface area contributed by atoms with Gasteiger partial charge >= 0.3 is 17.9 Å². The van der Waals surface area contributed by atoms with Crippen molar-refractivity contribution >= 4 is 17.9 Å². The van der Waals surface area contributed by atoms with E-state index >= 15 is 0 Å². The number of hydrogen-bond acceptors (Lipinski definition) is 7. The highest BCUT2D eigenvalue weighted by Gasteiger charge is 2.11. The summed E-state index contributed by atoms with van der Waals surface area (Å²) in [5, 5.41) is 0. The van der Waals surface area contributed by atoms with E-state index in [0.29, 0.717) is 26.2 Å². The second-order valence-electron chi connectivity index (χ2n) is 8.73. The summed E-state index contributed by atoms with van der Waals surface area (Å²) in [6.07, 6.45) is 17.0. The van der Waals surface area contributed by atoms with Crippen LogP contribution in [0.1, 0.15) is 111 Å². The molecular formula is C26H49NO6. The van der Waals surface area contributed by atoms with Gasteiger partial charge in [-0.3, -0.25) is 19.3 Å². The smallest absolute Gasteiger partial charge is 0.307 e. The molecular weight excluding hydrogens is 422 g/mol. The van der Waals surface area contributed by atoms with E-state index in [0.717, 1.165) is 12.8 Å². The Hall–Kier alpha value is -1.63. The highest BCUT2D eigenvalue weighted by molar-refractivity contribution is 5.69. The van der Waals surface area contributed by atoms with Gasteiger partial charge in [0.2, 0.25) is 0 Å². The van der Waals surface area contributed by atoms with Crippen LogP contribution in [0.3, 0.4) is 0 Å². The predicted octanol–water partition coefficient (Wildman–Crippen LogP) is 5.44. The molecule has 0 aromatic carbocycles. The van der Waals surface area contributed by atoms with Crippen LogP contribution in [-0.4, -0.2) is 62.3 Å². The number of carbonyl (C=O) groups is 3. The maximum atomic E-state index is 12.0. The Balaban J connectivity index is 3.67. The summed E-state index contributed by atoms with van der Waals surface area (Å²) in [4.78, 5) is 35.8. The highest BCUT2D eigenvalue weighted by atomic mass is 16.5. The van der Waals surface area contributed by atoms with Crippen LogP contribution in [0, 0.1) is 0 Å². The van der Waals surface area contributed by atoms with Gasteiger partial charge in [-0.1, -0.05) is 84.0 Å². The molecule has 0 saturated carbocycles. The molecule has 0 fully saturated rings. The van der Waals surface area contributed by atoms with E-state index in [1.54, 1.807) is 0 Å². The van der Waals surface area contributed by atoms with Crippen molar-refractivity contribution in [3.63, 3.8) is 0 Å². The van der Waals surface area contributed by atoms with Crippen LogP contribution in [0.5, 0.6) is 0 Å². The Morgan fingerprint density at radius 3 is 1.39 bits per heavy atom. The highest BCUT2D eigenvalue weighted by Crippen LogP contribution is 2.12. The second-order valence-corrected chi connectivity index (χ2v) is 8.73. The molecule has 0 amide bonds. The van der Waals surface area contributed by atoms with Gasteiger partial charge in [-0.2, -0.15) is 0 Å². The summed E-state index contributed by atoms with van der Waals surface area (Å²) >= 11 is 0. The molecule has 0 unspecified atom stereocenters. The van der Waals surface area contributed by atoms with Gasteiger partial charge in [-0.05, 0) is 6.42 Å². The molecule has 0 rings (SSSR count). The van der Waals surface area contributed by atoms with Gasteiger partial charge < -0.3 is 14.2 Å². The van der Waals surface area contributed by atoms with Crippen LogP contribution in [0.15, 0.2) is 0 Å². The lowest BCUT2D eigenvalue weighted by atomic mass is 10.0. The minimum atomic E-state index is -0.341. The number of nitrogens with zero attached hydrogens (tertiary/aromatic N) is 1. The van der Waals surface area contributed by atoms with Crippen molar-refractivity contribution in [1.29, 1.82) is 0 Å². The fourth-order valence-electron chi connectivity index (χ4n) is 3.60. The summed E-state index contributed by atoms with van der Waals surface area (Å²) in [6, 6.07) is 0. The summed E-state index contributed by atoms with van der Waals surface area (Å²) in [7, 11) is 0. The van der Waals surface area contributed by atoms with E-state index in [-0.39, 0.29) is 37.5 Å². The van der Waals surface area contributed by atoms with Gasteiger partial charge in [0.05, 0.1) is 13.0 Å². The molecule has 0 radical (unpaired) electrons. The third kappa shape index (κ3) is 24.8. The van der Waals surface area contributed by atoms with Crippen molar-refractivity contribution in [2.24, 2.45) is 0 Å². The molecule has 0 N–H and O–H groups in total. The molecule has 0 aliphatic carbocycles. The Morgan fingerprint density at radius 2 is 0.970 bits per heavy atom. The second kappa shape index (κ2) is 23.5. The van der Waals surface area contributed by atoms with E-state index in [1.165, 1.54) is 84.5 Å². The van der Waals surface area contributed by atoms with Crippen molar-refractivity contribution in [1.82, 2.24) is 4.90 Å². The van der Waals surface area contributed by atoms with Crippen LogP contribution in [0.4, 0.5) is 0 Å². The summed E-state index contributed by atoms with van der Waals surface area (Å²) in [6.45, 7) is 7.35. The largest absolute Gasteiger partial charge is 0.466 e. The molecule has 0 aliphatic heterocycles. The van der Waals surface area contributed by atoms with E-state index in [4.69, 9.17) is 14.2 Å². The number of unbranched alkanes of at least 4 members (excludes halogenated alkanes) is 12. The molecule has 0 heterocycles. The quantitative estimate of drug-likeness (QED) is 0.111. The third-order valence-electron chi connectivity index (χ3n) is 5.57. The Kier molecular flexibility index (Phi) is 22.4. The van der Waals surface area contributed by atoms with Gasteiger partial charge in [0, 0.05) is 33.5 Å². The molecule has 7 nitrogen and oxygen atoms in total. The van der Waals surface area contributed by atoms with E-state index in [9.17, 15) is 14.4 Å². The van der Waals surface area contributed by atoms with Crippen molar-refractivity contribution in [3.8, 4) is 0 Å². The first-order valence-electron chi connectivity index (χ1n) is 13.1. The van der Waals surface area contributed by atoms with Crippen LogP contribution in [0.2, 0.25) is 0 Å². The first-order chi connectivity index (χ1) is 16.0. The minimum absolute atomic E-state index is 0.223. The van der Waals surface area contributed by atoms with Gasteiger partial charge in [0.1, 0.15) is 13.2 Å². The maximum Gasteiger partial charge on any atom is 0.307 e. The minimum Gasteiger partial charge on any atom is -0.466 e. The zero-order chi connectivity index (χ0) is 24.6. The van der Waals surface area contributed by atoms with Crippen LogP contribution >= 0.6 is 0 Å². The molecule has 0 atom stereocenters. The Labute approximate surface area is 201 Å². The standard InChI is InChI=1S/C26H49NO6/c1-4-5-6-7-8-9-10-11-12-13-14-15-16-21-33-26(30)17-18-27(19-22-31-24(2)28)20-23-32-25(3)29/h4-23H2,1-3H3. The molecule has 0 aromatic heterocycles. The molecule has 7 heteroatoms. The van der Waals surface area contributed by atoms with Crippen molar-refractivity contribution in [3.05, 3.63) is 0 Å². The van der Waals surface area contributed by atoms with Gasteiger partial charge in [0.25, 0.3) is 0 Å². The molecule has 0 saturated heterocycles. The van der Waals surface area contributed by atoms with Crippen molar-refractivity contribution in [2.75, 3.05) is 39.5 Å². The van der Waals surface area contributed by atoms with Gasteiger partial charge in [-0.15, -0.1) is 0 Å². The number of rotatable bonds is 23. The average Bonchev–Trinajstić information content (AvgIpc) is 2.76. The fraction of sp³-hybridized carbons (Fsp3) is 0.885. The van der Waals surface area contributed by atoms with E-state index < -0.39 is 0 Å². The van der Waals surface area contributed by atoms with Crippen molar-refractivity contribution in [2.45, 2.75) is 111 Å². The lowest BCUT2D eigenvalue weighted by Gasteiger charge is -2.21.